The molecule has 0 fully saturated rings. The summed E-state index contributed by atoms with van der Waals surface area (Å²) in [6, 6.07) is 8.57. The molecule has 0 saturated carbocycles. The highest BCUT2D eigenvalue weighted by atomic mass is 32.2. The lowest BCUT2D eigenvalue weighted by Gasteiger charge is -2.34. The summed E-state index contributed by atoms with van der Waals surface area (Å²) < 4.78 is 0. The van der Waals surface area contributed by atoms with E-state index in [0.29, 0.717) is 5.16 Å². The lowest BCUT2D eigenvalue weighted by molar-refractivity contribution is 0.403. The molecule has 1 unspecified atom stereocenters. The van der Waals surface area contributed by atoms with Gasteiger partial charge in [0.15, 0.2) is 5.16 Å². The SMILES string of the molecule is CSc1nc(O)c2c(n1)CC1(C=Cc3ccccc31)CC2. The van der Waals surface area contributed by atoms with Crippen LogP contribution in [0.5, 0.6) is 5.88 Å². The molecule has 0 aliphatic heterocycles. The Balaban J connectivity index is 1.81. The molecular formula is C17H16N2OS. The normalized spacial score (nSPS) is 22.3. The third-order valence-electron chi connectivity index (χ3n) is 4.62. The van der Waals surface area contributed by atoms with Crippen molar-refractivity contribution in [3.63, 3.8) is 0 Å². The van der Waals surface area contributed by atoms with Gasteiger partial charge in [0.2, 0.25) is 5.88 Å². The van der Waals surface area contributed by atoms with Crippen LogP contribution < -0.4 is 0 Å². The Morgan fingerprint density at radius 3 is 2.95 bits per heavy atom. The minimum absolute atomic E-state index is 0.0417. The third kappa shape index (κ3) is 1.89. The van der Waals surface area contributed by atoms with E-state index in [-0.39, 0.29) is 11.3 Å². The van der Waals surface area contributed by atoms with Crippen LogP contribution in [-0.2, 0) is 18.3 Å². The van der Waals surface area contributed by atoms with E-state index in [1.54, 1.807) is 0 Å². The second-order valence-corrected chi connectivity index (χ2v) is 6.49. The first-order valence-corrected chi connectivity index (χ1v) is 8.36. The zero-order valence-corrected chi connectivity index (χ0v) is 12.7. The minimum atomic E-state index is 0.0417. The average molecular weight is 296 g/mol. The smallest absolute Gasteiger partial charge is 0.218 e. The minimum Gasteiger partial charge on any atom is -0.493 e. The van der Waals surface area contributed by atoms with Gasteiger partial charge in [-0.1, -0.05) is 48.2 Å². The van der Waals surface area contributed by atoms with Crippen LogP contribution >= 0.6 is 11.8 Å². The molecule has 2 aromatic rings. The van der Waals surface area contributed by atoms with Crippen LogP contribution in [0.25, 0.3) is 6.08 Å². The van der Waals surface area contributed by atoms with Gasteiger partial charge in [-0.2, -0.15) is 4.98 Å². The average Bonchev–Trinajstić information content (AvgIpc) is 2.86. The van der Waals surface area contributed by atoms with Crippen LogP contribution in [-0.4, -0.2) is 21.3 Å². The van der Waals surface area contributed by atoms with Crippen molar-refractivity contribution >= 4 is 17.8 Å². The van der Waals surface area contributed by atoms with Gasteiger partial charge in [0.05, 0.1) is 5.69 Å². The Morgan fingerprint density at radius 1 is 1.24 bits per heavy atom. The summed E-state index contributed by atoms with van der Waals surface area (Å²) in [5, 5.41) is 10.8. The van der Waals surface area contributed by atoms with Gasteiger partial charge >= 0.3 is 0 Å². The van der Waals surface area contributed by atoms with Gasteiger partial charge in [-0.15, -0.1) is 0 Å². The van der Waals surface area contributed by atoms with E-state index in [0.717, 1.165) is 30.5 Å². The molecule has 2 aliphatic carbocycles. The molecule has 1 heterocycles. The summed E-state index contributed by atoms with van der Waals surface area (Å²) in [4.78, 5) is 8.80. The molecule has 106 valence electrons. The molecule has 4 heteroatoms. The van der Waals surface area contributed by atoms with Crippen LogP contribution in [0, 0.1) is 0 Å². The molecule has 0 radical (unpaired) electrons. The fourth-order valence-corrected chi connectivity index (χ4v) is 3.91. The maximum absolute atomic E-state index is 10.1. The molecule has 4 rings (SSSR count). The molecule has 1 spiro atoms. The first kappa shape index (κ1) is 12.9. The highest BCUT2D eigenvalue weighted by Gasteiger charge is 2.39. The first-order chi connectivity index (χ1) is 10.2. The molecular weight excluding hydrogens is 280 g/mol. The number of benzene rings is 1. The molecule has 1 atom stereocenters. The maximum Gasteiger partial charge on any atom is 0.218 e. The largest absolute Gasteiger partial charge is 0.493 e. The number of thioether (sulfide) groups is 1. The van der Waals surface area contributed by atoms with Gasteiger partial charge in [0.25, 0.3) is 0 Å². The third-order valence-corrected chi connectivity index (χ3v) is 5.16. The number of hydrogen-bond donors (Lipinski definition) is 1. The molecule has 1 aromatic carbocycles. The van der Waals surface area contributed by atoms with Crippen molar-refractivity contribution in [2.75, 3.05) is 6.26 Å². The molecule has 21 heavy (non-hydrogen) atoms. The van der Waals surface area contributed by atoms with Crippen LogP contribution in [0.1, 0.15) is 28.8 Å². The summed E-state index contributed by atoms with van der Waals surface area (Å²) in [5.74, 6) is 0.162. The van der Waals surface area contributed by atoms with Gasteiger partial charge < -0.3 is 5.11 Å². The summed E-state index contributed by atoms with van der Waals surface area (Å²) in [6.07, 6.45) is 9.15. The Hall–Kier alpha value is -1.81. The fourth-order valence-electron chi connectivity index (χ4n) is 3.53. The van der Waals surface area contributed by atoms with Crippen molar-refractivity contribution in [1.82, 2.24) is 9.97 Å². The van der Waals surface area contributed by atoms with E-state index in [4.69, 9.17) is 0 Å². The number of rotatable bonds is 1. The summed E-state index contributed by atoms with van der Waals surface area (Å²) in [6.45, 7) is 0. The standard InChI is InChI=1S/C17H16N2OS/c1-21-16-18-14-10-17(9-7-12(14)15(20)19-16)8-6-11-4-2-3-5-13(11)17/h2-6,8H,7,9-10H2,1H3,(H,18,19,20). The molecule has 0 amide bonds. The van der Waals surface area contributed by atoms with Crippen molar-refractivity contribution in [3.05, 3.63) is 52.7 Å². The van der Waals surface area contributed by atoms with E-state index < -0.39 is 0 Å². The van der Waals surface area contributed by atoms with E-state index >= 15 is 0 Å². The van der Waals surface area contributed by atoms with Crippen LogP contribution in [0.3, 0.4) is 0 Å². The monoisotopic (exact) mass is 296 g/mol. The predicted octanol–water partition coefficient (Wildman–Crippen LogP) is 3.36. The zero-order valence-electron chi connectivity index (χ0n) is 11.8. The lowest BCUT2D eigenvalue weighted by atomic mass is 9.70. The first-order valence-electron chi connectivity index (χ1n) is 7.13. The van der Waals surface area contributed by atoms with E-state index in [1.807, 2.05) is 6.26 Å². The molecule has 1 aromatic heterocycles. The molecule has 2 aliphatic rings. The Bertz CT molecular complexity index is 756. The topological polar surface area (TPSA) is 46.0 Å². The van der Waals surface area contributed by atoms with Gasteiger partial charge in [-0.3, -0.25) is 0 Å². The molecule has 3 nitrogen and oxygen atoms in total. The van der Waals surface area contributed by atoms with Crippen LogP contribution in [0.2, 0.25) is 0 Å². The second kappa shape index (κ2) is 4.60. The zero-order chi connectivity index (χ0) is 14.4. The number of allylic oxidation sites excluding steroid dienone is 1. The summed E-state index contributed by atoms with van der Waals surface area (Å²) in [7, 11) is 0. The number of nitrogens with zero attached hydrogens (tertiary/aromatic N) is 2. The van der Waals surface area contributed by atoms with Gasteiger partial charge in [-0.25, -0.2) is 4.98 Å². The highest BCUT2D eigenvalue weighted by Crippen LogP contribution is 2.46. The number of aromatic nitrogens is 2. The molecule has 1 N–H and O–H groups in total. The summed E-state index contributed by atoms with van der Waals surface area (Å²) >= 11 is 1.47. The Morgan fingerprint density at radius 2 is 2.10 bits per heavy atom. The van der Waals surface area contributed by atoms with Gasteiger partial charge in [-0.05, 0) is 30.2 Å². The van der Waals surface area contributed by atoms with Gasteiger partial charge in [0, 0.05) is 17.4 Å². The Kier molecular flexibility index (Phi) is 2.82. The maximum atomic E-state index is 10.1. The van der Waals surface area contributed by atoms with Crippen molar-refractivity contribution in [1.29, 1.82) is 0 Å². The quantitative estimate of drug-likeness (QED) is 0.647. The number of aromatic hydroxyl groups is 1. The van der Waals surface area contributed by atoms with Crippen LogP contribution in [0.4, 0.5) is 0 Å². The van der Waals surface area contributed by atoms with Crippen molar-refractivity contribution in [3.8, 4) is 5.88 Å². The lowest BCUT2D eigenvalue weighted by Crippen LogP contribution is -2.31. The Labute approximate surface area is 128 Å². The van der Waals surface area contributed by atoms with Crippen LogP contribution in [0.15, 0.2) is 35.5 Å². The van der Waals surface area contributed by atoms with Crippen molar-refractivity contribution in [2.24, 2.45) is 0 Å². The number of hydrogen-bond acceptors (Lipinski definition) is 4. The number of fused-ring (bicyclic) bond motifs is 3. The van der Waals surface area contributed by atoms with Crippen molar-refractivity contribution < 1.29 is 5.11 Å². The predicted molar refractivity (Wildman–Crippen MR) is 84.7 cm³/mol. The van der Waals surface area contributed by atoms with E-state index in [1.165, 1.54) is 22.9 Å². The van der Waals surface area contributed by atoms with Gasteiger partial charge in [0.1, 0.15) is 0 Å². The van der Waals surface area contributed by atoms with Crippen molar-refractivity contribution in [2.45, 2.75) is 29.8 Å². The molecule has 0 bridgehead atoms. The second-order valence-electron chi connectivity index (χ2n) is 5.71. The highest BCUT2D eigenvalue weighted by molar-refractivity contribution is 7.98. The van der Waals surface area contributed by atoms with E-state index in [9.17, 15) is 5.11 Å². The van der Waals surface area contributed by atoms with E-state index in [2.05, 4.69) is 46.4 Å². The fraction of sp³-hybridized carbons (Fsp3) is 0.294. The summed E-state index contributed by atoms with van der Waals surface area (Å²) in [5.41, 5.74) is 4.67. The molecule has 0 saturated heterocycles.